The Balaban J connectivity index is 1.42. The third kappa shape index (κ3) is 3.25. The lowest BCUT2D eigenvalue weighted by Gasteiger charge is -2.08. The molecule has 0 bridgehead atoms. The number of hydrogen-bond donors (Lipinski definition) is 0. The van der Waals surface area contributed by atoms with Crippen molar-refractivity contribution in [2.75, 3.05) is 0 Å². The van der Waals surface area contributed by atoms with Crippen LogP contribution in [0.4, 0.5) is 0 Å². The van der Waals surface area contributed by atoms with Gasteiger partial charge < -0.3 is 4.42 Å². The maximum Gasteiger partial charge on any atom is 0.160 e. The fraction of sp³-hybridized carbons (Fsp3) is 0.0345. The van der Waals surface area contributed by atoms with Gasteiger partial charge in [-0.25, -0.2) is 9.97 Å². The molecular weight excluding hydrogens is 392 g/mol. The Labute approximate surface area is 186 Å². The molecule has 0 fully saturated rings. The van der Waals surface area contributed by atoms with E-state index in [1.807, 2.05) is 49.4 Å². The monoisotopic (exact) mass is 412 g/mol. The third-order valence-electron chi connectivity index (χ3n) is 5.78. The number of furan rings is 1. The van der Waals surface area contributed by atoms with E-state index in [0.717, 1.165) is 50.3 Å². The van der Waals surface area contributed by atoms with E-state index >= 15 is 0 Å². The van der Waals surface area contributed by atoms with E-state index < -0.39 is 0 Å². The van der Waals surface area contributed by atoms with Crippen LogP contribution in [0.1, 0.15) is 5.69 Å². The average Bonchev–Trinajstić information content (AvgIpc) is 3.22. The van der Waals surface area contributed by atoms with Gasteiger partial charge >= 0.3 is 0 Å². The minimum atomic E-state index is 0.722. The number of rotatable bonds is 3. The average molecular weight is 412 g/mol. The van der Waals surface area contributed by atoms with Crippen molar-refractivity contribution in [3.05, 3.63) is 109 Å². The number of fused-ring (bicyclic) bond motifs is 3. The molecule has 0 N–H and O–H groups in total. The number of para-hydroxylation sites is 1. The molecule has 0 saturated heterocycles. The molecule has 3 nitrogen and oxygen atoms in total. The molecule has 0 aliphatic carbocycles. The van der Waals surface area contributed by atoms with E-state index in [0.29, 0.717) is 0 Å². The molecule has 4 aromatic carbocycles. The van der Waals surface area contributed by atoms with E-state index in [1.165, 1.54) is 11.1 Å². The maximum atomic E-state index is 5.97. The van der Waals surface area contributed by atoms with Crippen LogP contribution >= 0.6 is 0 Å². The molecule has 2 aromatic heterocycles. The zero-order valence-corrected chi connectivity index (χ0v) is 17.6. The minimum absolute atomic E-state index is 0.722. The number of aryl methyl sites for hydroxylation is 1. The van der Waals surface area contributed by atoms with Gasteiger partial charge in [0, 0.05) is 27.6 Å². The molecule has 2 heterocycles. The summed E-state index contributed by atoms with van der Waals surface area (Å²) >= 11 is 0. The van der Waals surface area contributed by atoms with Crippen molar-refractivity contribution in [3.8, 4) is 33.8 Å². The van der Waals surface area contributed by atoms with Crippen LogP contribution in [-0.4, -0.2) is 9.97 Å². The zero-order chi connectivity index (χ0) is 21.5. The van der Waals surface area contributed by atoms with Crippen molar-refractivity contribution in [2.45, 2.75) is 6.92 Å². The summed E-state index contributed by atoms with van der Waals surface area (Å²) < 4.78 is 5.97. The van der Waals surface area contributed by atoms with Crippen molar-refractivity contribution < 1.29 is 4.42 Å². The fourth-order valence-corrected chi connectivity index (χ4v) is 4.17. The van der Waals surface area contributed by atoms with E-state index in [2.05, 4.69) is 60.7 Å². The van der Waals surface area contributed by atoms with Gasteiger partial charge in [-0.15, -0.1) is 0 Å². The molecule has 0 unspecified atom stereocenters. The molecular formula is C29H20N2O. The molecule has 0 amide bonds. The highest BCUT2D eigenvalue weighted by Gasteiger charge is 2.11. The fourth-order valence-electron chi connectivity index (χ4n) is 4.17. The quantitative estimate of drug-likeness (QED) is 0.299. The molecule has 0 aliphatic heterocycles. The first-order chi connectivity index (χ1) is 15.7. The molecule has 6 aromatic rings. The van der Waals surface area contributed by atoms with Gasteiger partial charge in [0.2, 0.25) is 0 Å². The number of aromatic nitrogens is 2. The van der Waals surface area contributed by atoms with Gasteiger partial charge in [0.25, 0.3) is 0 Å². The molecule has 3 heteroatoms. The lowest BCUT2D eigenvalue weighted by molar-refractivity contribution is 0.669. The summed E-state index contributed by atoms with van der Waals surface area (Å²) in [6.45, 7) is 2.01. The highest BCUT2D eigenvalue weighted by atomic mass is 16.3. The largest absolute Gasteiger partial charge is 0.456 e. The lowest BCUT2D eigenvalue weighted by atomic mass is 10.0. The Hall–Kier alpha value is -4.24. The molecule has 0 atom stereocenters. The van der Waals surface area contributed by atoms with Gasteiger partial charge in [0.1, 0.15) is 11.2 Å². The second kappa shape index (κ2) is 7.47. The second-order valence-electron chi connectivity index (χ2n) is 7.97. The molecule has 0 aliphatic rings. The molecule has 6 rings (SSSR count). The first-order valence-corrected chi connectivity index (χ1v) is 10.7. The van der Waals surface area contributed by atoms with Gasteiger partial charge in [-0.1, -0.05) is 72.8 Å². The summed E-state index contributed by atoms with van der Waals surface area (Å²) in [5.41, 5.74) is 8.08. The van der Waals surface area contributed by atoms with Crippen LogP contribution in [-0.2, 0) is 0 Å². The lowest BCUT2D eigenvalue weighted by Crippen LogP contribution is -1.95. The molecule has 152 valence electrons. The van der Waals surface area contributed by atoms with E-state index in [4.69, 9.17) is 14.4 Å². The first-order valence-electron chi connectivity index (χ1n) is 10.7. The van der Waals surface area contributed by atoms with Crippen LogP contribution in [0.15, 0.2) is 108 Å². The summed E-state index contributed by atoms with van der Waals surface area (Å²) in [5.74, 6) is 0.722. The highest BCUT2D eigenvalue weighted by molar-refractivity contribution is 6.06. The number of benzene rings is 4. The van der Waals surface area contributed by atoms with Crippen molar-refractivity contribution in [1.29, 1.82) is 0 Å². The predicted octanol–water partition coefficient (Wildman–Crippen LogP) is 7.69. The third-order valence-corrected chi connectivity index (χ3v) is 5.78. The van der Waals surface area contributed by atoms with Crippen molar-refractivity contribution in [3.63, 3.8) is 0 Å². The van der Waals surface area contributed by atoms with Gasteiger partial charge in [0.05, 0.1) is 5.69 Å². The van der Waals surface area contributed by atoms with Crippen LogP contribution in [0.5, 0.6) is 0 Å². The smallest absolute Gasteiger partial charge is 0.160 e. The normalized spacial score (nSPS) is 11.3. The van der Waals surface area contributed by atoms with Gasteiger partial charge in [-0.3, -0.25) is 0 Å². The van der Waals surface area contributed by atoms with Crippen LogP contribution in [0.3, 0.4) is 0 Å². The van der Waals surface area contributed by atoms with Crippen LogP contribution in [0.25, 0.3) is 55.7 Å². The van der Waals surface area contributed by atoms with Crippen molar-refractivity contribution in [1.82, 2.24) is 9.97 Å². The molecule has 0 radical (unpaired) electrons. The van der Waals surface area contributed by atoms with Gasteiger partial charge in [-0.2, -0.15) is 0 Å². The van der Waals surface area contributed by atoms with E-state index in [-0.39, 0.29) is 0 Å². The summed E-state index contributed by atoms with van der Waals surface area (Å²) in [4.78, 5) is 9.63. The summed E-state index contributed by atoms with van der Waals surface area (Å²) in [6.07, 6.45) is 0. The van der Waals surface area contributed by atoms with Crippen LogP contribution < -0.4 is 0 Å². The summed E-state index contributed by atoms with van der Waals surface area (Å²) in [6, 6.07) is 35.2. The van der Waals surface area contributed by atoms with Crippen molar-refractivity contribution >= 4 is 21.9 Å². The van der Waals surface area contributed by atoms with Gasteiger partial charge in [0.15, 0.2) is 5.82 Å². The van der Waals surface area contributed by atoms with E-state index in [9.17, 15) is 0 Å². The second-order valence-corrected chi connectivity index (χ2v) is 7.97. The molecule has 0 spiro atoms. The Bertz CT molecular complexity index is 1560. The summed E-state index contributed by atoms with van der Waals surface area (Å²) in [7, 11) is 0. The predicted molar refractivity (Wildman–Crippen MR) is 130 cm³/mol. The Morgan fingerprint density at radius 1 is 0.531 bits per heavy atom. The topological polar surface area (TPSA) is 38.9 Å². The van der Waals surface area contributed by atoms with Crippen LogP contribution in [0, 0.1) is 6.92 Å². The first kappa shape index (κ1) is 18.5. The molecule has 0 saturated carbocycles. The zero-order valence-electron chi connectivity index (χ0n) is 17.6. The van der Waals surface area contributed by atoms with Crippen molar-refractivity contribution in [2.24, 2.45) is 0 Å². The Kier molecular flexibility index (Phi) is 4.32. The van der Waals surface area contributed by atoms with Gasteiger partial charge in [-0.05, 0) is 48.4 Å². The Morgan fingerprint density at radius 2 is 1.19 bits per heavy atom. The highest BCUT2D eigenvalue weighted by Crippen LogP contribution is 2.32. The Morgan fingerprint density at radius 3 is 2.03 bits per heavy atom. The minimum Gasteiger partial charge on any atom is -0.456 e. The molecule has 32 heavy (non-hydrogen) atoms. The summed E-state index contributed by atoms with van der Waals surface area (Å²) in [5, 5.41) is 2.19. The van der Waals surface area contributed by atoms with Crippen LogP contribution in [0.2, 0.25) is 0 Å². The number of nitrogens with zero attached hydrogens (tertiary/aromatic N) is 2. The number of hydrogen-bond acceptors (Lipinski definition) is 3. The standard InChI is InChI=1S/C29H20N2O/c1-19-17-26(22-13-11-21(12-14-22)20-7-3-2-4-8-20)31-29(30-19)23-15-16-28-25(18-23)24-9-5-6-10-27(24)32-28/h2-18H,1H3. The maximum absolute atomic E-state index is 5.97. The SMILES string of the molecule is Cc1cc(-c2ccc(-c3ccccc3)cc2)nc(-c2ccc3oc4ccccc4c3c2)n1. The van der Waals surface area contributed by atoms with E-state index in [1.54, 1.807) is 0 Å².